The van der Waals surface area contributed by atoms with Gasteiger partial charge in [0.05, 0.1) is 24.2 Å². The molecule has 0 radical (unpaired) electrons. The molecule has 2 bridgehead atoms. The fourth-order valence-corrected chi connectivity index (χ4v) is 9.34. The third-order valence-corrected chi connectivity index (χ3v) is 12.2. The zero-order valence-corrected chi connectivity index (χ0v) is 27.3. The minimum absolute atomic E-state index is 0.0332. The molecule has 2 heterocycles. The van der Waals surface area contributed by atoms with Crippen LogP contribution >= 0.6 is 11.6 Å². The molecule has 2 aromatic carbocycles. The number of anilines is 1. The second-order valence-corrected chi connectivity index (χ2v) is 15.4. The van der Waals surface area contributed by atoms with Crippen LogP contribution in [-0.2, 0) is 32.4 Å². The lowest BCUT2D eigenvalue weighted by molar-refractivity contribution is -0.118. The molecule has 2 saturated carbocycles. The molecule has 2 aromatic rings. The van der Waals surface area contributed by atoms with Crippen LogP contribution in [0.4, 0.5) is 5.69 Å². The highest BCUT2D eigenvalue weighted by molar-refractivity contribution is 7.92. The van der Waals surface area contributed by atoms with E-state index in [1.165, 1.54) is 11.1 Å². The molecule has 2 aliphatic heterocycles. The van der Waals surface area contributed by atoms with Crippen LogP contribution in [0.1, 0.15) is 73.9 Å². The summed E-state index contributed by atoms with van der Waals surface area (Å²) in [4.78, 5) is 28.3. The Balaban J connectivity index is 1.48. The SMILES string of the molecule is CCC(=O)N[S@@]1(=O)=NC(=O)c2ccc3c(c2)N(Cc2ccc(Cl)cc2CCCCO3)C[C@]23C[C@@]2(C)[C@H]3[C@@H](OC)/C=C/CCC1. The van der Waals surface area contributed by atoms with Gasteiger partial charge in [-0.15, -0.1) is 4.36 Å². The first-order valence-corrected chi connectivity index (χ1v) is 17.8. The van der Waals surface area contributed by atoms with Crippen LogP contribution < -0.4 is 14.4 Å². The molecule has 44 heavy (non-hydrogen) atoms. The zero-order valence-electron chi connectivity index (χ0n) is 25.8. The molecule has 0 unspecified atom stereocenters. The minimum atomic E-state index is -3.31. The Bertz CT molecular complexity index is 1620. The number of benzene rings is 2. The summed E-state index contributed by atoms with van der Waals surface area (Å²) >= 11 is 6.44. The number of carbonyl (C=O) groups excluding carboxylic acids is 2. The number of rotatable bonds is 3. The van der Waals surface area contributed by atoms with Gasteiger partial charge in [0, 0.05) is 48.5 Å². The van der Waals surface area contributed by atoms with E-state index in [0.29, 0.717) is 43.2 Å². The molecular weight excluding hydrogens is 598 g/mol. The Morgan fingerprint density at radius 3 is 2.82 bits per heavy atom. The molecule has 2 aliphatic carbocycles. The third kappa shape index (κ3) is 5.90. The van der Waals surface area contributed by atoms with Gasteiger partial charge in [0.25, 0.3) is 5.91 Å². The molecule has 5 atom stereocenters. The first-order chi connectivity index (χ1) is 21.1. The molecule has 236 valence electrons. The summed E-state index contributed by atoms with van der Waals surface area (Å²) in [7, 11) is -1.55. The number of hydrogen-bond acceptors (Lipinski definition) is 6. The monoisotopic (exact) mass is 639 g/mol. The van der Waals surface area contributed by atoms with Gasteiger partial charge in [-0.25, -0.2) is 4.21 Å². The van der Waals surface area contributed by atoms with Gasteiger partial charge in [-0.3, -0.25) is 14.3 Å². The third-order valence-electron chi connectivity index (χ3n) is 10.1. The van der Waals surface area contributed by atoms with E-state index < -0.39 is 21.7 Å². The second-order valence-electron chi connectivity index (χ2n) is 12.9. The Morgan fingerprint density at radius 1 is 1.20 bits per heavy atom. The zero-order chi connectivity index (χ0) is 31.1. The number of nitrogens with zero attached hydrogens (tertiary/aromatic N) is 2. The molecule has 8 nitrogen and oxygen atoms in total. The van der Waals surface area contributed by atoms with Gasteiger partial charge in [-0.05, 0) is 85.4 Å². The van der Waals surface area contributed by atoms with Crippen molar-refractivity contribution in [2.75, 3.05) is 30.9 Å². The van der Waals surface area contributed by atoms with Gasteiger partial charge >= 0.3 is 0 Å². The van der Waals surface area contributed by atoms with Crippen LogP contribution in [0.5, 0.6) is 5.75 Å². The van der Waals surface area contributed by atoms with Crippen molar-refractivity contribution in [1.29, 1.82) is 0 Å². The van der Waals surface area contributed by atoms with E-state index >= 15 is 0 Å². The predicted molar refractivity (Wildman–Crippen MR) is 173 cm³/mol. The van der Waals surface area contributed by atoms with Gasteiger partial charge in [0.2, 0.25) is 5.91 Å². The molecule has 1 N–H and O–H groups in total. The maximum Gasteiger partial charge on any atom is 0.286 e. The van der Waals surface area contributed by atoms with Crippen LogP contribution in [0.3, 0.4) is 0 Å². The Labute approximate surface area is 265 Å². The van der Waals surface area contributed by atoms with E-state index in [4.69, 9.17) is 21.1 Å². The number of carbonyl (C=O) groups is 2. The fraction of sp³-hybridized carbons (Fsp3) is 0.529. The molecule has 2 fully saturated rings. The molecule has 1 spiro atoms. The summed E-state index contributed by atoms with van der Waals surface area (Å²) in [6.45, 7) is 5.99. The first-order valence-electron chi connectivity index (χ1n) is 15.7. The highest BCUT2D eigenvalue weighted by Crippen LogP contribution is 2.91. The van der Waals surface area contributed by atoms with Crippen molar-refractivity contribution < 1.29 is 23.3 Å². The summed E-state index contributed by atoms with van der Waals surface area (Å²) in [5.74, 6) is 0.138. The van der Waals surface area contributed by atoms with Crippen LogP contribution in [0.25, 0.3) is 0 Å². The highest BCUT2D eigenvalue weighted by Gasteiger charge is 2.89. The molecular formula is C34H42ClN3O5S. The summed E-state index contributed by atoms with van der Waals surface area (Å²) < 4.78 is 32.9. The molecule has 2 amide bonds. The van der Waals surface area contributed by atoms with Crippen LogP contribution in [-0.4, -0.2) is 48.1 Å². The Morgan fingerprint density at radius 2 is 2.05 bits per heavy atom. The normalized spacial score (nSPS) is 32.4. The fourth-order valence-electron chi connectivity index (χ4n) is 7.48. The number of nitrogens with one attached hydrogen (secondary N) is 1. The van der Waals surface area contributed by atoms with Crippen molar-refractivity contribution in [3.8, 4) is 5.75 Å². The Kier molecular flexibility index (Phi) is 8.58. The summed E-state index contributed by atoms with van der Waals surface area (Å²) in [5, 5.41) is 0.724. The van der Waals surface area contributed by atoms with Crippen LogP contribution in [0, 0.1) is 16.7 Å². The van der Waals surface area contributed by atoms with Crippen LogP contribution in [0.2, 0.25) is 5.02 Å². The van der Waals surface area contributed by atoms with Crippen LogP contribution in [0.15, 0.2) is 52.9 Å². The van der Waals surface area contributed by atoms with Gasteiger partial charge in [0.1, 0.15) is 15.7 Å². The van der Waals surface area contributed by atoms with Gasteiger partial charge in [-0.2, -0.15) is 0 Å². The second kappa shape index (κ2) is 12.1. The summed E-state index contributed by atoms with van der Waals surface area (Å²) in [6.07, 6.45) is 9.34. The van der Waals surface area contributed by atoms with E-state index in [-0.39, 0.29) is 29.1 Å². The average molecular weight is 640 g/mol. The van der Waals surface area contributed by atoms with Crippen molar-refractivity contribution in [2.24, 2.45) is 21.1 Å². The number of ether oxygens (including phenoxy) is 2. The lowest BCUT2D eigenvalue weighted by Gasteiger charge is -2.31. The van der Waals surface area contributed by atoms with Crippen molar-refractivity contribution in [1.82, 2.24) is 4.72 Å². The largest absolute Gasteiger partial charge is 0.491 e. The molecule has 0 saturated heterocycles. The van der Waals surface area contributed by atoms with Gasteiger partial charge in [0.15, 0.2) is 0 Å². The maximum atomic E-state index is 13.8. The standard InChI is InChI=1S/C34H42ClN3O5S/c1-4-30(39)36-44(41)17-9-5-6-11-29(42-3)31-33(2)21-34(31,33)22-38-20-25-12-14-26(35)18-23(25)10-7-8-16-43-28-15-13-24(19-27(28)38)32(40)37-44/h6,11-15,18-19,29,31H,4-5,7-10,16-17,20-22H2,1-3H3,(H,36,37,39,40,41)/b11-6+/t29-,31+,33-,34-,44+/m0/s1. The van der Waals surface area contributed by atoms with E-state index in [0.717, 1.165) is 42.9 Å². The van der Waals surface area contributed by atoms with Crippen molar-refractivity contribution in [3.05, 3.63) is 70.3 Å². The number of aryl methyl sites for hydroxylation is 1. The lowest BCUT2D eigenvalue weighted by atomic mass is 9.94. The van der Waals surface area contributed by atoms with Crippen molar-refractivity contribution >= 4 is 39.0 Å². The highest BCUT2D eigenvalue weighted by atomic mass is 35.5. The summed E-state index contributed by atoms with van der Waals surface area (Å²) in [5.41, 5.74) is 3.80. The van der Waals surface area contributed by atoms with E-state index in [1.807, 2.05) is 18.2 Å². The molecule has 10 heteroatoms. The average Bonchev–Trinajstić information content (AvgIpc) is 3.77. The number of halogens is 1. The number of amides is 2. The van der Waals surface area contributed by atoms with E-state index in [1.54, 1.807) is 20.1 Å². The maximum absolute atomic E-state index is 13.8. The number of methoxy groups -OCH3 is 1. The van der Waals surface area contributed by atoms with Crippen molar-refractivity contribution in [3.63, 3.8) is 0 Å². The topological polar surface area (TPSA) is 97.3 Å². The number of hydrogen-bond donors (Lipinski definition) is 1. The van der Waals surface area contributed by atoms with E-state index in [2.05, 4.69) is 45.2 Å². The van der Waals surface area contributed by atoms with Gasteiger partial charge < -0.3 is 14.4 Å². The quantitative estimate of drug-likeness (QED) is 0.385. The lowest BCUT2D eigenvalue weighted by Crippen LogP contribution is -2.33. The Hall–Kier alpha value is -2.88. The van der Waals surface area contributed by atoms with E-state index in [9.17, 15) is 13.8 Å². The summed E-state index contributed by atoms with van der Waals surface area (Å²) in [6, 6.07) is 11.5. The van der Waals surface area contributed by atoms with Gasteiger partial charge in [-0.1, -0.05) is 43.7 Å². The van der Waals surface area contributed by atoms with Crippen molar-refractivity contribution in [2.45, 2.75) is 71.4 Å². The minimum Gasteiger partial charge on any atom is -0.491 e. The smallest absolute Gasteiger partial charge is 0.286 e. The molecule has 4 aliphatic rings. The molecule has 0 aromatic heterocycles. The molecule has 6 rings (SSSR count). The number of fused-ring (bicyclic) bond motifs is 3. The predicted octanol–water partition coefficient (Wildman–Crippen LogP) is 6.50. The number of allylic oxidation sites excluding steroid dienone is 1. The first kappa shape index (κ1) is 31.1.